The topological polar surface area (TPSA) is 50.4 Å². The molecule has 0 bridgehead atoms. The van der Waals surface area contributed by atoms with Crippen LogP contribution in [0, 0.1) is 0 Å². The first-order valence-electron chi connectivity index (χ1n) is 8.03. The average molecular weight is 306 g/mol. The van der Waals surface area contributed by atoms with E-state index in [-0.39, 0.29) is 11.4 Å². The number of ether oxygens (including phenoxy) is 1. The van der Waals surface area contributed by atoms with E-state index in [1.165, 1.54) is 11.1 Å². The van der Waals surface area contributed by atoms with Crippen molar-refractivity contribution in [3.8, 4) is 0 Å². The van der Waals surface area contributed by atoms with Crippen molar-refractivity contribution < 1.29 is 9.53 Å². The quantitative estimate of drug-likeness (QED) is 0.724. The Labute approximate surface area is 134 Å². The molecule has 0 aliphatic carbocycles. The van der Waals surface area contributed by atoms with E-state index in [1.54, 1.807) is 7.11 Å². The average Bonchev–Trinajstić information content (AvgIpc) is 2.46. The predicted molar refractivity (Wildman–Crippen MR) is 91.4 cm³/mol. The van der Waals surface area contributed by atoms with Crippen molar-refractivity contribution in [3.63, 3.8) is 0 Å². The fourth-order valence-corrected chi connectivity index (χ4v) is 2.13. The molecule has 0 unspecified atom stereocenters. The molecule has 124 valence electrons. The molecule has 0 aliphatic heterocycles. The summed E-state index contributed by atoms with van der Waals surface area (Å²) in [4.78, 5) is 11.6. The molecule has 22 heavy (non-hydrogen) atoms. The molecule has 0 atom stereocenters. The van der Waals surface area contributed by atoms with Gasteiger partial charge in [0.25, 0.3) is 0 Å². The van der Waals surface area contributed by atoms with E-state index < -0.39 is 0 Å². The molecule has 1 aromatic rings. The summed E-state index contributed by atoms with van der Waals surface area (Å²) < 4.78 is 4.96. The van der Waals surface area contributed by atoms with Crippen LogP contribution in [0.1, 0.15) is 44.7 Å². The number of unbranched alkanes of at least 4 members (excludes halogenated alkanes) is 1. The fourth-order valence-electron chi connectivity index (χ4n) is 2.13. The van der Waals surface area contributed by atoms with Gasteiger partial charge in [0.1, 0.15) is 0 Å². The number of rotatable bonds is 8. The molecular formula is C18H30N2O2. The molecule has 0 saturated heterocycles. The van der Waals surface area contributed by atoms with Crippen molar-refractivity contribution in [2.24, 2.45) is 0 Å². The van der Waals surface area contributed by atoms with Crippen molar-refractivity contribution in [2.45, 2.75) is 45.4 Å². The van der Waals surface area contributed by atoms with Gasteiger partial charge in [-0.25, -0.2) is 4.79 Å². The lowest BCUT2D eigenvalue weighted by Gasteiger charge is -2.19. The minimum absolute atomic E-state index is 0.0938. The van der Waals surface area contributed by atoms with Crippen LogP contribution in [-0.4, -0.2) is 32.8 Å². The third-order valence-corrected chi connectivity index (χ3v) is 3.58. The van der Waals surface area contributed by atoms with Crippen LogP contribution in [0.25, 0.3) is 0 Å². The molecule has 1 rings (SSSR count). The Morgan fingerprint density at radius 2 is 1.68 bits per heavy atom. The molecule has 1 aromatic carbocycles. The van der Waals surface area contributed by atoms with E-state index >= 15 is 0 Å². The number of carbonyl (C=O) groups is 1. The van der Waals surface area contributed by atoms with Crippen LogP contribution in [0.2, 0.25) is 0 Å². The molecule has 0 heterocycles. The largest absolute Gasteiger partial charge is 0.385 e. The highest BCUT2D eigenvalue weighted by Gasteiger charge is 2.12. The van der Waals surface area contributed by atoms with Gasteiger partial charge in [0.05, 0.1) is 0 Å². The number of benzene rings is 1. The summed E-state index contributed by atoms with van der Waals surface area (Å²) in [6.45, 7) is 8.71. The Kier molecular flexibility index (Phi) is 7.96. The minimum Gasteiger partial charge on any atom is -0.385 e. The maximum Gasteiger partial charge on any atom is 0.314 e. The van der Waals surface area contributed by atoms with Crippen LogP contribution < -0.4 is 10.6 Å². The summed E-state index contributed by atoms with van der Waals surface area (Å²) in [5, 5.41) is 5.74. The Bertz CT molecular complexity index is 435. The van der Waals surface area contributed by atoms with Gasteiger partial charge in [-0.2, -0.15) is 0 Å². The lowest BCUT2D eigenvalue weighted by Crippen LogP contribution is -2.37. The minimum atomic E-state index is -0.0938. The summed E-state index contributed by atoms with van der Waals surface area (Å²) in [5.74, 6) is 0. The fraction of sp³-hybridized carbons (Fsp3) is 0.611. The Hall–Kier alpha value is -1.55. The zero-order chi connectivity index (χ0) is 16.4. The van der Waals surface area contributed by atoms with E-state index in [0.717, 1.165) is 25.9 Å². The molecule has 0 aromatic heterocycles. The first-order valence-corrected chi connectivity index (χ1v) is 8.03. The van der Waals surface area contributed by atoms with E-state index in [1.807, 2.05) is 0 Å². The molecule has 0 spiro atoms. The zero-order valence-corrected chi connectivity index (χ0v) is 14.4. The van der Waals surface area contributed by atoms with E-state index in [4.69, 9.17) is 4.74 Å². The van der Waals surface area contributed by atoms with Crippen LogP contribution in [-0.2, 0) is 16.6 Å². The maximum atomic E-state index is 11.6. The number of methoxy groups -OCH3 is 1. The Morgan fingerprint density at radius 3 is 2.27 bits per heavy atom. The number of hydrogen-bond donors (Lipinski definition) is 2. The van der Waals surface area contributed by atoms with Gasteiger partial charge in [0, 0.05) is 26.8 Å². The van der Waals surface area contributed by atoms with E-state index in [2.05, 4.69) is 55.7 Å². The van der Waals surface area contributed by atoms with Crippen molar-refractivity contribution in [1.29, 1.82) is 0 Å². The highest BCUT2D eigenvalue weighted by atomic mass is 16.5. The zero-order valence-electron chi connectivity index (χ0n) is 14.4. The van der Waals surface area contributed by atoms with Crippen LogP contribution in [0.15, 0.2) is 24.3 Å². The van der Waals surface area contributed by atoms with Gasteiger partial charge in [-0.05, 0) is 35.8 Å². The van der Waals surface area contributed by atoms with Gasteiger partial charge in [-0.15, -0.1) is 0 Å². The summed E-state index contributed by atoms with van der Waals surface area (Å²) in [7, 11) is 1.69. The lowest BCUT2D eigenvalue weighted by atomic mass is 9.86. The highest BCUT2D eigenvalue weighted by molar-refractivity contribution is 5.73. The van der Waals surface area contributed by atoms with Gasteiger partial charge in [-0.3, -0.25) is 0 Å². The number of hydrogen-bond acceptors (Lipinski definition) is 2. The summed E-state index contributed by atoms with van der Waals surface area (Å²) >= 11 is 0. The van der Waals surface area contributed by atoms with Crippen LogP contribution in [0.4, 0.5) is 4.79 Å². The van der Waals surface area contributed by atoms with Crippen molar-refractivity contribution >= 4 is 6.03 Å². The highest BCUT2D eigenvalue weighted by Crippen LogP contribution is 2.22. The second-order valence-electron chi connectivity index (χ2n) is 6.58. The molecule has 0 radical (unpaired) electrons. The third-order valence-electron chi connectivity index (χ3n) is 3.58. The third kappa shape index (κ3) is 7.46. The van der Waals surface area contributed by atoms with Gasteiger partial charge in [0.2, 0.25) is 0 Å². The predicted octanol–water partition coefficient (Wildman–Crippen LogP) is 3.25. The molecule has 2 N–H and O–H groups in total. The second kappa shape index (κ2) is 9.46. The molecule has 0 saturated carbocycles. The van der Waals surface area contributed by atoms with Gasteiger partial charge < -0.3 is 15.4 Å². The molecule has 0 aliphatic rings. The molecule has 4 nitrogen and oxygen atoms in total. The molecule has 0 fully saturated rings. The monoisotopic (exact) mass is 306 g/mol. The van der Waals surface area contributed by atoms with Gasteiger partial charge in [0.15, 0.2) is 0 Å². The van der Waals surface area contributed by atoms with E-state index in [9.17, 15) is 4.79 Å². The number of amides is 2. The van der Waals surface area contributed by atoms with Gasteiger partial charge >= 0.3 is 6.03 Å². The SMILES string of the molecule is COCCCCNC(=O)NCCc1ccc(C(C)(C)C)cc1. The summed E-state index contributed by atoms with van der Waals surface area (Å²) in [6.07, 6.45) is 2.76. The molecule has 2 amide bonds. The standard InChI is InChI=1S/C18H30N2O2/c1-18(2,3)16-9-7-15(8-10-16)11-13-20-17(21)19-12-5-6-14-22-4/h7-10H,5-6,11-14H2,1-4H3,(H2,19,20,21). The summed E-state index contributed by atoms with van der Waals surface area (Å²) in [6, 6.07) is 8.54. The first kappa shape index (κ1) is 18.5. The molecule has 4 heteroatoms. The molecular weight excluding hydrogens is 276 g/mol. The maximum absolute atomic E-state index is 11.6. The normalized spacial score (nSPS) is 11.3. The Balaban J connectivity index is 2.20. The van der Waals surface area contributed by atoms with Crippen LogP contribution >= 0.6 is 0 Å². The van der Waals surface area contributed by atoms with Crippen LogP contribution in [0.3, 0.4) is 0 Å². The van der Waals surface area contributed by atoms with Crippen molar-refractivity contribution in [3.05, 3.63) is 35.4 Å². The summed E-state index contributed by atoms with van der Waals surface area (Å²) in [5.41, 5.74) is 2.76. The van der Waals surface area contributed by atoms with Crippen molar-refractivity contribution in [1.82, 2.24) is 10.6 Å². The van der Waals surface area contributed by atoms with Crippen molar-refractivity contribution in [2.75, 3.05) is 26.8 Å². The Morgan fingerprint density at radius 1 is 1.05 bits per heavy atom. The second-order valence-corrected chi connectivity index (χ2v) is 6.58. The van der Waals surface area contributed by atoms with Crippen LogP contribution in [0.5, 0.6) is 0 Å². The van der Waals surface area contributed by atoms with Gasteiger partial charge in [-0.1, -0.05) is 45.0 Å². The first-order chi connectivity index (χ1) is 10.4. The smallest absolute Gasteiger partial charge is 0.314 e. The number of carbonyl (C=O) groups excluding carboxylic acids is 1. The number of urea groups is 1. The number of nitrogens with one attached hydrogen (secondary N) is 2. The van der Waals surface area contributed by atoms with E-state index in [0.29, 0.717) is 13.1 Å². The lowest BCUT2D eigenvalue weighted by molar-refractivity contribution is 0.192.